The van der Waals surface area contributed by atoms with Gasteiger partial charge in [0, 0.05) is 6.04 Å². The van der Waals surface area contributed by atoms with Crippen LogP contribution in [0.1, 0.15) is 64.7 Å². The molecule has 0 aliphatic heterocycles. The Bertz CT molecular complexity index is 269. The Kier molecular flexibility index (Phi) is 4.08. The van der Waals surface area contributed by atoms with Gasteiger partial charge < -0.3 is 5.11 Å². The highest BCUT2D eigenvalue weighted by Crippen LogP contribution is 2.34. The Balaban J connectivity index is 1.91. The van der Waals surface area contributed by atoms with Crippen molar-refractivity contribution in [3.63, 3.8) is 0 Å². The number of carboxylic acid groups (broad SMARTS) is 1. The van der Waals surface area contributed by atoms with Gasteiger partial charge in [0.05, 0.1) is 0 Å². The van der Waals surface area contributed by atoms with Crippen molar-refractivity contribution in [3.05, 3.63) is 0 Å². The number of carbonyl (C=O) groups is 1. The highest BCUT2D eigenvalue weighted by molar-refractivity contribution is 5.78. The van der Waals surface area contributed by atoms with Gasteiger partial charge in [0.1, 0.15) is 5.54 Å². The van der Waals surface area contributed by atoms with Crippen LogP contribution in [0, 0.1) is 5.92 Å². The summed E-state index contributed by atoms with van der Waals surface area (Å²) < 4.78 is 0. The number of rotatable bonds is 5. The molecule has 0 amide bonds. The predicted molar refractivity (Wildman–Crippen MR) is 68.0 cm³/mol. The van der Waals surface area contributed by atoms with Crippen LogP contribution in [-0.2, 0) is 4.79 Å². The molecule has 2 saturated carbocycles. The molecule has 0 aromatic heterocycles. The SMILES string of the molecule is CC(CC1CCC1)(NC1CCCCC1)C(=O)O. The third-order valence-electron chi connectivity index (χ3n) is 4.52. The molecule has 0 radical (unpaired) electrons. The quantitative estimate of drug-likeness (QED) is 0.775. The van der Waals surface area contributed by atoms with E-state index in [-0.39, 0.29) is 0 Å². The van der Waals surface area contributed by atoms with E-state index in [2.05, 4.69) is 5.32 Å². The highest BCUT2D eigenvalue weighted by atomic mass is 16.4. The van der Waals surface area contributed by atoms with Crippen molar-refractivity contribution in [1.29, 1.82) is 0 Å². The summed E-state index contributed by atoms with van der Waals surface area (Å²) in [5.41, 5.74) is -0.701. The molecule has 2 aliphatic rings. The first-order valence-electron chi connectivity index (χ1n) is 7.11. The van der Waals surface area contributed by atoms with E-state index in [9.17, 15) is 9.90 Å². The van der Waals surface area contributed by atoms with Gasteiger partial charge in [0.25, 0.3) is 0 Å². The van der Waals surface area contributed by atoms with Gasteiger partial charge in [-0.15, -0.1) is 0 Å². The van der Waals surface area contributed by atoms with E-state index < -0.39 is 11.5 Å². The fourth-order valence-corrected chi connectivity index (χ4v) is 3.18. The van der Waals surface area contributed by atoms with Crippen LogP contribution in [0.15, 0.2) is 0 Å². The molecular formula is C14H25NO2. The molecule has 2 fully saturated rings. The van der Waals surface area contributed by atoms with Gasteiger partial charge >= 0.3 is 5.97 Å². The molecule has 3 nitrogen and oxygen atoms in total. The number of hydrogen-bond donors (Lipinski definition) is 2. The van der Waals surface area contributed by atoms with Crippen molar-refractivity contribution in [3.8, 4) is 0 Å². The van der Waals surface area contributed by atoms with Crippen LogP contribution in [-0.4, -0.2) is 22.7 Å². The normalized spacial score (nSPS) is 26.2. The number of nitrogens with one attached hydrogen (secondary N) is 1. The van der Waals surface area contributed by atoms with Gasteiger partial charge in [0.15, 0.2) is 0 Å². The van der Waals surface area contributed by atoms with Crippen LogP contribution < -0.4 is 5.32 Å². The molecule has 1 atom stereocenters. The molecule has 1 unspecified atom stereocenters. The third-order valence-corrected chi connectivity index (χ3v) is 4.52. The molecule has 2 N–H and O–H groups in total. The van der Waals surface area contributed by atoms with Gasteiger partial charge in [-0.05, 0) is 32.1 Å². The summed E-state index contributed by atoms with van der Waals surface area (Å²) in [6.07, 6.45) is 10.6. The lowest BCUT2D eigenvalue weighted by Gasteiger charge is -2.38. The maximum atomic E-state index is 11.5. The summed E-state index contributed by atoms with van der Waals surface area (Å²) in [4.78, 5) is 11.5. The van der Waals surface area contributed by atoms with Crippen LogP contribution in [0.25, 0.3) is 0 Å². The first-order valence-corrected chi connectivity index (χ1v) is 7.11. The molecule has 2 aliphatic carbocycles. The smallest absolute Gasteiger partial charge is 0.323 e. The van der Waals surface area contributed by atoms with Gasteiger partial charge in [-0.1, -0.05) is 38.5 Å². The van der Waals surface area contributed by atoms with Crippen molar-refractivity contribution in [1.82, 2.24) is 5.32 Å². The fraction of sp³-hybridized carbons (Fsp3) is 0.929. The minimum absolute atomic E-state index is 0.421. The van der Waals surface area contributed by atoms with E-state index in [0.29, 0.717) is 12.0 Å². The van der Waals surface area contributed by atoms with E-state index in [4.69, 9.17) is 0 Å². The zero-order valence-corrected chi connectivity index (χ0v) is 10.9. The maximum Gasteiger partial charge on any atom is 0.323 e. The molecule has 17 heavy (non-hydrogen) atoms. The van der Waals surface area contributed by atoms with E-state index >= 15 is 0 Å². The summed E-state index contributed by atoms with van der Waals surface area (Å²) >= 11 is 0. The molecule has 98 valence electrons. The first kappa shape index (κ1) is 12.9. The van der Waals surface area contributed by atoms with Crippen LogP contribution in [0.5, 0.6) is 0 Å². The molecule has 2 rings (SSSR count). The molecule has 3 heteroatoms. The van der Waals surface area contributed by atoms with Crippen LogP contribution in [0.3, 0.4) is 0 Å². The van der Waals surface area contributed by atoms with Crippen molar-refractivity contribution >= 4 is 5.97 Å². The third kappa shape index (κ3) is 3.21. The Morgan fingerprint density at radius 2 is 1.82 bits per heavy atom. The second kappa shape index (κ2) is 5.38. The first-order chi connectivity index (χ1) is 8.10. The molecule has 0 bridgehead atoms. The van der Waals surface area contributed by atoms with E-state index in [1.165, 1.54) is 38.5 Å². The summed E-state index contributed by atoms with van der Waals surface area (Å²) in [5, 5.41) is 12.9. The average Bonchev–Trinajstić information content (AvgIpc) is 2.25. The summed E-state index contributed by atoms with van der Waals surface area (Å²) in [5.74, 6) is -0.0397. The Morgan fingerprint density at radius 3 is 2.29 bits per heavy atom. The zero-order valence-electron chi connectivity index (χ0n) is 10.9. The zero-order chi connectivity index (χ0) is 12.3. The Morgan fingerprint density at radius 1 is 1.18 bits per heavy atom. The van der Waals surface area contributed by atoms with Crippen LogP contribution >= 0.6 is 0 Å². The highest BCUT2D eigenvalue weighted by Gasteiger charge is 2.38. The van der Waals surface area contributed by atoms with Crippen molar-refractivity contribution < 1.29 is 9.90 Å². The minimum atomic E-state index is -0.701. The number of carboxylic acids is 1. The number of aliphatic carboxylic acids is 1. The van der Waals surface area contributed by atoms with E-state index in [1.54, 1.807) is 0 Å². The predicted octanol–water partition coefficient (Wildman–Crippen LogP) is 2.94. The minimum Gasteiger partial charge on any atom is -0.480 e. The van der Waals surface area contributed by atoms with Gasteiger partial charge in [-0.3, -0.25) is 10.1 Å². The van der Waals surface area contributed by atoms with Crippen molar-refractivity contribution in [2.75, 3.05) is 0 Å². The monoisotopic (exact) mass is 239 g/mol. The lowest BCUT2D eigenvalue weighted by atomic mass is 9.76. The van der Waals surface area contributed by atoms with E-state index in [1.807, 2.05) is 6.92 Å². The molecule has 0 spiro atoms. The van der Waals surface area contributed by atoms with Crippen LogP contribution in [0.4, 0.5) is 0 Å². The van der Waals surface area contributed by atoms with Gasteiger partial charge in [-0.25, -0.2) is 0 Å². The lowest BCUT2D eigenvalue weighted by molar-refractivity contribution is -0.145. The van der Waals surface area contributed by atoms with Gasteiger partial charge in [-0.2, -0.15) is 0 Å². The van der Waals surface area contributed by atoms with Gasteiger partial charge in [0.2, 0.25) is 0 Å². The second-order valence-corrected chi connectivity index (χ2v) is 6.12. The summed E-state index contributed by atoms with van der Waals surface area (Å²) in [6, 6.07) is 0.421. The maximum absolute atomic E-state index is 11.5. The Labute approximate surface area is 104 Å². The molecule has 0 saturated heterocycles. The molecule has 0 heterocycles. The Hall–Kier alpha value is -0.570. The molecule has 0 aromatic rings. The second-order valence-electron chi connectivity index (χ2n) is 6.12. The standard InChI is InChI=1S/C14H25NO2/c1-14(13(16)17,10-11-6-5-7-11)15-12-8-3-2-4-9-12/h11-12,15H,2-10H2,1H3,(H,16,17). The fourth-order valence-electron chi connectivity index (χ4n) is 3.18. The largest absolute Gasteiger partial charge is 0.480 e. The molecule has 0 aromatic carbocycles. The average molecular weight is 239 g/mol. The molecular weight excluding hydrogens is 214 g/mol. The van der Waals surface area contributed by atoms with Crippen molar-refractivity contribution in [2.45, 2.75) is 76.3 Å². The summed E-state index contributed by atoms with van der Waals surface area (Å²) in [7, 11) is 0. The number of hydrogen-bond acceptors (Lipinski definition) is 2. The summed E-state index contributed by atoms with van der Waals surface area (Å²) in [6.45, 7) is 1.88. The topological polar surface area (TPSA) is 49.3 Å². The van der Waals surface area contributed by atoms with E-state index in [0.717, 1.165) is 19.3 Å². The van der Waals surface area contributed by atoms with Crippen LogP contribution in [0.2, 0.25) is 0 Å². The lowest BCUT2D eigenvalue weighted by Crippen LogP contribution is -2.55. The van der Waals surface area contributed by atoms with Crippen molar-refractivity contribution in [2.24, 2.45) is 5.92 Å².